The van der Waals surface area contributed by atoms with E-state index in [4.69, 9.17) is 0 Å². The van der Waals surface area contributed by atoms with E-state index in [9.17, 15) is 5.33 Å². The molecule has 1 unspecified atom stereocenters. The predicted molar refractivity (Wildman–Crippen MR) is 65.9 cm³/mol. The third kappa shape index (κ3) is 2.01. The molecule has 2 aromatic carbocycles. The van der Waals surface area contributed by atoms with E-state index in [-0.39, 0.29) is 0 Å². The second kappa shape index (κ2) is 4.88. The molecule has 0 spiro atoms. The van der Waals surface area contributed by atoms with Gasteiger partial charge >= 0.3 is 115 Å². The normalized spacial score (nSPS) is 16.7. The Labute approximate surface area is 114 Å². The van der Waals surface area contributed by atoms with E-state index in [1.165, 1.54) is 0 Å². The molecule has 0 aromatic heterocycles. The van der Waals surface area contributed by atoms with Crippen molar-refractivity contribution in [2.45, 2.75) is 3.67 Å². The average Bonchev–Trinajstić information content (AvgIpc) is 2.83. The van der Waals surface area contributed by atoms with Crippen molar-refractivity contribution in [3.8, 4) is 11.1 Å². The summed E-state index contributed by atoms with van der Waals surface area (Å²) in [4.78, 5) is 0. The SMILES string of the molecule is [F][Hf]([F])[CH]1C=Cc2c(-c3ccccc3)cccc21. The number of rotatable bonds is 2. The maximum absolute atomic E-state index is 13.1. The van der Waals surface area contributed by atoms with Crippen molar-refractivity contribution < 1.29 is 28.0 Å². The number of fused-ring (bicyclic) bond motifs is 1. The van der Waals surface area contributed by atoms with Crippen LogP contribution in [-0.2, 0) is 22.6 Å². The Balaban J connectivity index is 2.13. The van der Waals surface area contributed by atoms with Crippen LogP contribution in [0.25, 0.3) is 17.2 Å². The molecule has 0 heterocycles. The van der Waals surface area contributed by atoms with Crippen LogP contribution in [0.2, 0.25) is 0 Å². The van der Waals surface area contributed by atoms with Gasteiger partial charge in [0, 0.05) is 0 Å². The van der Waals surface area contributed by atoms with Gasteiger partial charge in [-0.05, 0) is 0 Å². The summed E-state index contributed by atoms with van der Waals surface area (Å²) in [5.41, 5.74) is 3.94. The van der Waals surface area contributed by atoms with Gasteiger partial charge in [-0.1, -0.05) is 0 Å². The van der Waals surface area contributed by atoms with Gasteiger partial charge < -0.3 is 0 Å². The topological polar surface area (TPSA) is 0 Å². The third-order valence-corrected chi connectivity index (χ3v) is 6.75. The zero-order valence-electron chi connectivity index (χ0n) is 9.61. The fraction of sp³-hybridized carbons (Fsp3) is 0.0667. The number of halogens is 2. The van der Waals surface area contributed by atoms with E-state index >= 15 is 0 Å². The molecule has 0 N–H and O–H groups in total. The quantitative estimate of drug-likeness (QED) is 0.627. The van der Waals surface area contributed by atoms with Crippen LogP contribution in [0.5, 0.6) is 0 Å². The number of hydrogen-bond acceptors (Lipinski definition) is 0. The second-order valence-corrected chi connectivity index (χ2v) is 8.62. The van der Waals surface area contributed by atoms with Crippen LogP contribution in [0.3, 0.4) is 0 Å². The molecule has 0 nitrogen and oxygen atoms in total. The van der Waals surface area contributed by atoms with Crippen LogP contribution in [0.15, 0.2) is 54.6 Å². The van der Waals surface area contributed by atoms with Crippen LogP contribution < -0.4 is 0 Å². The first kappa shape index (κ1) is 12.0. The van der Waals surface area contributed by atoms with Gasteiger partial charge in [0.25, 0.3) is 0 Å². The van der Waals surface area contributed by atoms with Crippen LogP contribution in [0.1, 0.15) is 14.8 Å². The van der Waals surface area contributed by atoms with Gasteiger partial charge in [-0.25, -0.2) is 0 Å². The van der Waals surface area contributed by atoms with E-state index < -0.39 is 26.3 Å². The first-order chi connectivity index (χ1) is 8.77. The minimum absolute atomic E-state index is 0.548. The Bertz CT molecular complexity index is 591. The van der Waals surface area contributed by atoms with E-state index in [0.717, 1.165) is 22.3 Å². The Morgan fingerprint density at radius 2 is 1.67 bits per heavy atom. The summed E-state index contributed by atoms with van der Waals surface area (Å²) in [5.74, 6) is 0. The fourth-order valence-corrected chi connectivity index (χ4v) is 5.01. The molecule has 1 atom stereocenters. The molecule has 18 heavy (non-hydrogen) atoms. The summed E-state index contributed by atoms with van der Waals surface area (Å²) in [6, 6.07) is 15.7. The molecule has 0 radical (unpaired) electrons. The predicted octanol–water partition coefficient (Wildman–Crippen LogP) is 4.81. The van der Waals surface area contributed by atoms with E-state index in [1.807, 2.05) is 54.6 Å². The van der Waals surface area contributed by atoms with Gasteiger partial charge in [0.05, 0.1) is 0 Å². The van der Waals surface area contributed by atoms with Gasteiger partial charge in [-0.15, -0.1) is 0 Å². The molecule has 0 aliphatic heterocycles. The number of hydrogen-bond donors (Lipinski definition) is 0. The molecular formula is C15H11F2Hf. The zero-order valence-corrected chi connectivity index (χ0v) is 13.2. The molecule has 3 heteroatoms. The number of benzene rings is 2. The van der Waals surface area contributed by atoms with Crippen molar-refractivity contribution in [1.82, 2.24) is 0 Å². The van der Waals surface area contributed by atoms with Gasteiger partial charge in [0.1, 0.15) is 0 Å². The van der Waals surface area contributed by atoms with Crippen LogP contribution in [0, 0.1) is 0 Å². The van der Waals surface area contributed by atoms with E-state index in [0.29, 0.717) is 0 Å². The van der Waals surface area contributed by atoms with Crippen molar-refractivity contribution in [2.24, 2.45) is 0 Å². The van der Waals surface area contributed by atoms with Crippen molar-refractivity contribution in [2.75, 3.05) is 0 Å². The molecule has 0 fully saturated rings. The first-order valence-corrected chi connectivity index (χ1v) is 10.6. The van der Waals surface area contributed by atoms with E-state index in [1.54, 1.807) is 6.08 Å². The van der Waals surface area contributed by atoms with Gasteiger partial charge in [-0.2, -0.15) is 0 Å². The minimum atomic E-state index is -4.37. The third-order valence-electron chi connectivity index (χ3n) is 3.25. The Morgan fingerprint density at radius 1 is 0.889 bits per heavy atom. The number of allylic oxidation sites excluding steroid dienone is 1. The van der Waals surface area contributed by atoms with Gasteiger partial charge in [-0.3, -0.25) is 0 Å². The molecule has 89 valence electrons. The summed E-state index contributed by atoms with van der Waals surface area (Å²) >= 11 is -4.37. The second-order valence-electron chi connectivity index (χ2n) is 4.30. The molecule has 3 rings (SSSR count). The van der Waals surface area contributed by atoms with Crippen LogP contribution in [-0.4, -0.2) is 0 Å². The molecule has 1 aliphatic rings. The molecule has 2 aromatic rings. The summed E-state index contributed by atoms with van der Waals surface area (Å²) in [6.45, 7) is 0. The van der Waals surface area contributed by atoms with Crippen molar-refractivity contribution in [3.05, 3.63) is 65.7 Å². The zero-order chi connectivity index (χ0) is 12.5. The molecule has 0 saturated carbocycles. The molecule has 1 aliphatic carbocycles. The molecule has 0 amide bonds. The van der Waals surface area contributed by atoms with Crippen molar-refractivity contribution in [3.63, 3.8) is 0 Å². The van der Waals surface area contributed by atoms with Gasteiger partial charge in [0.2, 0.25) is 0 Å². The first-order valence-electron chi connectivity index (χ1n) is 5.82. The summed E-state index contributed by atoms with van der Waals surface area (Å²) in [7, 11) is 0. The molecule has 0 bridgehead atoms. The van der Waals surface area contributed by atoms with Crippen LogP contribution in [0.4, 0.5) is 5.33 Å². The monoisotopic (exact) mass is 409 g/mol. The van der Waals surface area contributed by atoms with Crippen molar-refractivity contribution in [1.29, 1.82) is 0 Å². The Morgan fingerprint density at radius 3 is 2.39 bits per heavy atom. The van der Waals surface area contributed by atoms with Crippen molar-refractivity contribution >= 4 is 6.08 Å². The summed E-state index contributed by atoms with van der Waals surface area (Å²) in [5, 5.41) is 0. The van der Waals surface area contributed by atoms with E-state index in [2.05, 4.69) is 0 Å². The average molecular weight is 408 g/mol. The Hall–Kier alpha value is -1.09. The molecular weight excluding hydrogens is 397 g/mol. The standard InChI is InChI=1S/C15H11.2FH.Hf/c1-2-6-12(7-3-1)14-10-4-8-13-9-5-11-15(13)14;;;/h1-11H;2*1H;/q;;;+2/p-2. The fourth-order valence-electron chi connectivity index (χ4n) is 2.40. The van der Waals surface area contributed by atoms with Gasteiger partial charge in [0.15, 0.2) is 0 Å². The maximum atomic E-state index is 13.1. The Kier molecular flexibility index (Phi) is 3.25. The van der Waals surface area contributed by atoms with Crippen LogP contribution >= 0.6 is 0 Å². The summed E-state index contributed by atoms with van der Waals surface area (Å²) in [6.07, 6.45) is 3.56. The summed E-state index contributed by atoms with van der Waals surface area (Å²) < 4.78 is 25.7. The molecule has 0 saturated heterocycles.